The Morgan fingerprint density at radius 3 is 2.94 bits per heavy atom. The Balaban J connectivity index is 2.42. The molecule has 0 spiro atoms. The van der Waals surface area contributed by atoms with Crippen LogP contribution in [0.3, 0.4) is 0 Å². The lowest BCUT2D eigenvalue weighted by molar-refractivity contribution is 0.414. The van der Waals surface area contributed by atoms with Crippen LogP contribution in [-0.4, -0.2) is 30.1 Å². The average Bonchev–Trinajstić information content (AvgIpc) is 2.29. The monoisotopic (exact) mass is 240 g/mol. The molecule has 0 amide bonds. The minimum Gasteiger partial charge on any atom is -0.493 e. The lowest BCUT2D eigenvalue weighted by Gasteiger charge is -2.10. The van der Waals surface area contributed by atoms with E-state index in [-0.39, 0.29) is 0 Å². The van der Waals surface area contributed by atoms with E-state index < -0.39 is 0 Å². The number of hydrogen-bond acceptors (Lipinski definition) is 4. The van der Waals surface area contributed by atoms with E-state index in [0.29, 0.717) is 0 Å². The Kier molecular flexibility index (Phi) is 6.08. The van der Waals surface area contributed by atoms with Crippen LogP contribution in [0.25, 0.3) is 0 Å². The quantitative estimate of drug-likeness (QED) is 0.743. The number of nitrogens with one attached hydrogen (secondary N) is 1. The fourth-order valence-electron chi connectivity index (χ4n) is 1.36. The third-order valence-corrected chi connectivity index (χ3v) is 3.16. The van der Waals surface area contributed by atoms with Crippen LogP contribution in [0.2, 0.25) is 0 Å². The second-order valence-corrected chi connectivity index (χ2v) is 4.87. The Morgan fingerprint density at radius 2 is 2.25 bits per heavy atom. The van der Waals surface area contributed by atoms with Crippen LogP contribution < -0.4 is 10.1 Å². The van der Waals surface area contributed by atoms with E-state index in [0.717, 1.165) is 30.2 Å². The molecule has 0 atom stereocenters. The van der Waals surface area contributed by atoms with Crippen molar-refractivity contribution < 1.29 is 4.74 Å². The summed E-state index contributed by atoms with van der Waals surface area (Å²) in [5, 5.41) is 3.31. The molecular formula is C12H20N2OS. The molecule has 0 unspecified atom stereocenters. The van der Waals surface area contributed by atoms with Gasteiger partial charge in [-0.25, -0.2) is 4.98 Å². The van der Waals surface area contributed by atoms with E-state index in [1.165, 1.54) is 11.5 Å². The second-order valence-electron chi connectivity index (χ2n) is 3.48. The highest BCUT2D eigenvalue weighted by atomic mass is 32.2. The van der Waals surface area contributed by atoms with Crippen LogP contribution in [0, 0.1) is 6.92 Å². The number of nitrogens with zero attached hydrogens (tertiary/aromatic N) is 1. The standard InChI is InChI=1S/C12H20N2OS/c1-4-16-9-5-8-13-12-11(15-3)7-6-10(2)14-12/h6-7H,4-5,8-9H2,1-3H3,(H,13,14). The normalized spacial score (nSPS) is 10.2. The predicted molar refractivity (Wildman–Crippen MR) is 71.6 cm³/mol. The summed E-state index contributed by atoms with van der Waals surface area (Å²) in [5.41, 5.74) is 1.01. The molecule has 0 saturated heterocycles. The van der Waals surface area contributed by atoms with Gasteiger partial charge in [0.1, 0.15) is 0 Å². The predicted octanol–water partition coefficient (Wildman–Crippen LogP) is 2.95. The number of hydrogen-bond donors (Lipinski definition) is 1. The van der Waals surface area contributed by atoms with Crippen molar-refractivity contribution in [1.29, 1.82) is 0 Å². The van der Waals surface area contributed by atoms with Crippen molar-refractivity contribution >= 4 is 17.6 Å². The summed E-state index contributed by atoms with van der Waals surface area (Å²) in [4.78, 5) is 4.42. The molecule has 4 heteroatoms. The van der Waals surface area contributed by atoms with E-state index in [4.69, 9.17) is 4.74 Å². The SMILES string of the molecule is CCSCCCNc1nc(C)ccc1OC. The molecular weight excluding hydrogens is 220 g/mol. The van der Waals surface area contributed by atoms with E-state index in [2.05, 4.69) is 17.2 Å². The molecule has 1 heterocycles. The van der Waals surface area contributed by atoms with Crippen LogP contribution in [0.15, 0.2) is 12.1 Å². The van der Waals surface area contributed by atoms with Gasteiger partial charge in [-0.3, -0.25) is 0 Å². The highest BCUT2D eigenvalue weighted by Gasteiger charge is 2.03. The molecule has 0 aliphatic rings. The first-order valence-corrected chi connectivity index (χ1v) is 6.76. The smallest absolute Gasteiger partial charge is 0.168 e. The third-order valence-electron chi connectivity index (χ3n) is 2.18. The van der Waals surface area contributed by atoms with Gasteiger partial charge in [-0.15, -0.1) is 0 Å². The molecule has 0 aromatic carbocycles. The molecule has 1 N–H and O–H groups in total. The summed E-state index contributed by atoms with van der Waals surface area (Å²) in [6.07, 6.45) is 1.15. The van der Waals surface area contributed by atoms with Gasteiger partial charge in [0.15, 0.2) is 11.6 Å². The number of methoxy groups -OCH3 is 1. The lowest BCUT2D eigenvalue weighted by atomic mass is 10.3. The number of anilines is 1. The first-order chi connectivity index (χ1) is 7.77. The Hall–Kier alpha value is -0.900. The lowest BCUT2D eigenvalue weighted by Crippen LogP contribution is -2.06. The number of pyridine rings is 1. The van der Waals surface area contributed by atoms with Crippen molar-refractivity contribution in [2.24, 2.45) is 0 Å². The molecule has 0 bridgehead atoms. The maximum Gasteiger partial charge on any atom is 0.168 e. The van der Waals surface area contributed by atoms with Gasteiger partial charge >= 0.3 is 0 Å². The summed E-state index contributed by atoms with van der Waals surface area (Å²) in [6.45, 7) is 5.11. The van der Waals surface area contributed by atoms with Gasteiger partial charge < -0.3 is 10.1 Å². The van der Waals surface area contributed by atoms with E-state index in [1.54, 1.807) is 7.11 Å². The van der Waals surface area contributed by atoms with Crippen LogP contribution in [0.4, 0.5) is 5.82 Å². The van der Waals surface area contributed by atoms with Gasteiger partial charge in [0.05, 0.1) is 7.11 Å². The zero-order valence-electron chi connectivity index (χ0n) is 10.2. The minimum absolute atomic E-state index is 0.814. The summed E-state index contributed by atoms with van der Waals surface area (Å²) in [6, 6.07) is 3.91. The van der Waals surface area contributed by atoms with E-state index in [9.17, 15) is 0 Å². The highest BCUT2D eigenvalue weighted by Crippen LogP contribution is 2.21. The molecule has 0 saturated carbocycles. The van der Waals surface area contributed by atoms with E-state index in [1.807, 2.05) is 30.8 Å². The Morgan fingerprint density at radius 1 is 1.44 bits per heavy atom. The van der Waals surface area contributed by atoms with Crippen molar-refractivity contribution in [3.8, 4) is 5.75 Å². The maximum atomic E-state index is 5.25. The molecule has 1 rings (SSSR count). The summed E-state index contributed by atoms with van der Waals surface area (Å²) < 4.78 is 5.25. The van der Waals surface area contributed by atoms with Crippen molar-refractivity contribution in [3.63, 3.8) is 0 Å². The summed E-state index contributed by atoms with van der Waals surface area (Å²) in [7, 11) is 1.67. The zero-order chi connectivity index (χ0) is 11.8. The molecule has 16 heavy (non-hydrogen) atoms. The largest absolute Gasteiger partial charge is 0.493 e. The number of ether oxygens (including phenoxy) is 1. The number of aryl methyl sites for hydroxylation is 1. The molecule has 0 aliphatic heterocycles. The fraction of sp³-hybridized carbons (Fsp3) is 0.583. The Bertz CT molecular complexity index is 318. The highest BCUT2D eigenvalue weighted by molar-refractivity contribution is 7.99. The van der Waals surface area contributed by atoms with E-state index >= 15 is 0 Å². The van der Waals surface area contributed by atoms with Gasteiger partial charge in [-0.05, 0) is 37.0 Å². The van der Waals surface area contributed by atoms with Crippen LogP contribution in [-0.2, 0) is 0 Å². The van der Waals surface area contributed by atoms with Crippen LogP contribution in [0.1, 0.15) is 19.0 Å². The molecule has 0 aliphatic carbocycles. The van der Waals surface area contributed by atoms with Gasteiger partial charge in [-0.1, -0.05) is 6.92 Å². The Labute approximate surface area is 102 Å². The number of aromatic nitrogens is 1. The van der Waals surface area contributed by atoms with Crippen molar-refractivity contribution in [1.82, 2.24) is 4.98 Å². The first-order valence-electron chi connectivity index (χ1n) is 5.61. The number of thioether (sulfide) groups is 1. The van der Waals surface area contributed by atoms with Crippen molar-refractivity contribution in [2.45, 2.75) is 20.3 Å². The molecule has 1 aromatic rings. The molecule has 3 nitrogen and oxygen atoms in total. The number of rotatable bonds is 7. The zero-order valence-corrected chi connectivity index (χ0v) is 11.1. The van der Waals surface area contributed by atoms with Crippen molar-refractivity contribution in [2.75, 3.05) is 30.5 Å². The molecule has 0 fully saturated rings. The molecule has 0 radical (unpaired) electrons. The third kappa shape index (κ3) is 4.31. The molecule has 90 valence electrons. The van der Waals surface area contributed by atoms with Crippen LogP contribution in [0.5, 0.6) is 5.75 Å². The van der Waals surface area contributed by atoms with Gasteiger partial charge in [0.2, 0.25) is 0 Å². The van der Waals surface area contributed by atoms with Gasteiger partial charge in [-0.2, -0.15) is 11.8 Å². The first kappa shape index (κ1) is 13.2. The van der Waals surface area contributed by atoms with Gasteiger partial charge in [0.25, 0.3) is 0 Å². The maximum absolute atomic E-state index is 5.25. The van der Waals surface area contributed by atoms with Crippen LogP contribution >= 0.6 is 11.8 Å². The topological polar surface area (TPSA) is 34.2 Å². The fourth-order valence-corrected chi connectivity index (χ4v) is 2.00. The van der Waals surface area contributed by atoms with Gasteiger partial charge in [0, 0.05) is 12.2 Å². The average molecular weight is 240 g/mol. The molecule has 1 aromatic heterocycles. The van der Waals surface area contributed by atoms with Crippen molar-refractivity contribution in [3.05, 3.63) is 17.8 Å². The summed E-state index contributed by atoms with van der Waals surface area (Å²) >= 11 is 1.96. The summed E-state index contributed by atoms with van der Waals surface area (Å²) in [5.74, 6) is 4.04. The minimum atomic E-state index is 0.814. The second kappa shape index (κ2) is 7.39.